The fourth-order valence-electron chi connectivity index (χ4n) is 4.73. The van der Waals surface area contributed by atoms with Crippen molar-refractivity contribution < 1.29 is 9.29 Å². The van der Waals surface area contributed by atoms with Crippen molar-refractivity contribution in [3.8, 4) is 16.9 Å². The van der Waals surface area contributed by atoms with Crippen LogP contribution in [0.3, 0.4) is 0 Å². The Morgan fingerprint density at radius 2 is 1.74 bits per heavy atom. The first-order chi connectivity index (χ1) is 13.2. The molecule has 6 rings (SSSR count). The molecule has 2 bridgehead atoms. The minimum Gasteiger partial charge on any atom is -0.591 e. The molecule has 3 aliphatic heterocycles. The van der Waals surface area contributed by atoms with Crippen LogP contribution in [0, 0.1) is 5.41 Å². The lowest BCUT2D eigenvalue weighted by Crippen LogP contribution is -2.62. The van der Waals surface area contributed by atoms with Gasteiger partial charge in [-0.25, -0.2) is 0 Å². The summed E-state index contributed by atoms with van der Waals surface area (Å²) in [5, 5.41) is 0. The van der Waals surface area contributed by atoms with E-state index in [0.717, 1.165) is 31.0 Å². The van der Waals surface area contributed by atoms with E-state index < -0.39 is 11.4 Å². The van der Waals surface area contributed by atoms with Crippen molar-refractivity contribution in [3.63, 3.8) is 0 Å². The van der Waals surface area contributed by atoms with Gasteiger partial charge in [0, 0.05) is 6.04 Å². The van der Waals surface area contributed by atoms with Crippen molar-refractivity contribution >= 4 is 17.2 Å². The maximum absolute atomic E-state index is 12.0. The molecule has 140 valence electrons. The number of piperidine rings is 2. The third-order valence-electron chi connectivity index (χ3n) is 6.27. The van der Waals surface area contributed by atoms with Crippen molar-refractivity contribution in [1.29, 1.82) is 0 Å². The van der Waals surface area contributed by atoms with Gasteiger partial charge in [0.1, 0.15) is 12.4 Å². The Labute approximate surface area is 163 Å². The smallest absolute Gasteiger partial charge is 0.166 e. The standard InChI is InChI=1S/C22H24N2O2S/c25-27-15-14-24-19-10-12-22(13-11-19,21(24)23-27)16-26-20-8-6-18(7-9-20)17-4-2-1-3-5-17/h1-9,19H,10-16H2. The second-order valence-electron chi connectivity index (χ2n) is 7.82. The van der Waals surface area contributed by atoms with Gasteiger partial charge in [-0.15, -0.1) is 0 Å². The quantitative estimate of drug-likeness (QED) is 0.752. The monoisotopic (exact) mass is 380 g/mol. The van der Waals surface area contributed by atoms with Crippen molar-refractivity contribution in [1.82, 2.24) is 4.90 Å². The van der Waals surface area contributed by atoms with E-state index in [2.05, 4.69) is 45.7 Å². The van der Waals surface area contributed by atoms with Crippen LogP contribution in [0.15, 0.2) is 59.0 Å². The highest BCUT2D eigenvalue weighted by molar-refractivity contribution is 7.90. The number of hydrogen-bond acceptors (Lipinski definition) is 4. The largest absolute Gasteiger partial charge is 0.591 e. The summed E-state index contributed by atoms with van der Waals surface area (Å²) < 4.78 is 22.8. The van der Waals surface area contributed by atoms with E-state index in [1.54, 1.807) is 0 Å². The minimum absolute atomic E-state index is 0.0665. The molecular weight excluding hydrogens is 356 g/mol. The highest BCUT2D eigenvalue weighted by Crippen LogP contribution is 2.47. The summed E-state index contributed by atoms with van der Waals surface area (Å²) in [5.41, 5.74) is 2.34. The Hall–Kier alpha value is -1.98. The van der Waals surface area contributed by atoms with Gasteiger partial charge < -0.3 is 14.2 Å². The summed E-state index contributed by atoms with van der Waals surface area (Å²) in [5.74, 6) is 2.61. The molecule has 1 saturated carbocycles. The molecule has 3 fully saturated rings. The molecule has 2 saturated heterocycles. The average Bonchev–Trinajstić information content (AvgIpc) is 2.74. The first-order valence-electron chi connectivity index (χ1n) is 9.76. The summed E-state index contributed by atoms with van der Waals surface area (Å²) in [6.07, 6.45) is 4.57. The molecule has 2 aromatic carbocycles. The molecule has 27 heavy (non-hydrogen) atoms. The lowest BCUT2D eigenvalue weighted by Gasteiger charge is -2.54. The van der Waals surface area contributed by atoms with E-state index in [1.165, 1.54) is 24.0 Å². The molecule has 4 aliphatic rings. The van der Waals surface area contributed by atoms with Crippen LogP contribution in [0.2, 0.25) is 0 Å². The minimum atomic E-state index is -1.07. The zero-order valence-corrected chi connectivity index (χ0v) is 16.2. The molecule has 0 spiro atoms. The van der Waals surface area contributed by atoms with E-state index in [9.17, 15) is 4.55 Å². The van der Waals surface area contributed by atoms with Gasteiger partial charge in [-0.2, -0.15) is 0 Å². The van der Waals surface area contributed by atoms with E-state index in [-0.39, 0.29) is 5.41 Å². The third-order valence-corrected chi connectivity index (χ3v) is 7.18. The maximum atomic E-state index is 12.0. The van der Waals surface area contributed by atoms with E-state index in [4.69, 9.17) is 4.74 Å². The zero-order valence-electron chi connectivity index (χ0n) is 15.3. The predicted octanol–water partition coefficient (Wildman–Crippen LogP) is 4.05. The molecule has 4 nitrogen and oxygen atoms in total. The van der Waals surface area contributed by atoms with Gasteiger partial charge >= 0.3 is 0 Å². The molecule has 1 aliphatic carbocycles. The summed E-state index contributed by atoms with van der Waals surface area (Å²) in [6, 6.07) is 19.3. The molecule has 5 heteroatoms. The van der Waals surface area contributed by atoms with Crippen molar-refractivity contribution in [3.05, 3.63) is 54.6 Å². The second kappa shape index (κ2) is 6.88. The number of rotatable bonds is 4. The van der Waals surface area contributed by atoms with Crippen LogP contribution in [-0.4, -0.2) is 40.2 Å². The van der Waals surface area contributed by atoms with Gasteiger partial charge in [0.15, 0.2) is 11.6 Å². The average molecular weight is 381 g/mol. The first-order valence-corrected chi connectivity index (χ1v) is 11.0. The van der Waals surface area contributed by atoms with Crippen LogP contribution in [0.5, 0.6) is 5.75 Å². The van der Waals surface area contributed by atoms with Gasteiger partial charge in [-0.05, 0) is 53.3 Å². The zero-order chi connectivity index (χ0) is 18.3. The fourth-order valence-corrected chi connectivity index (χ4v) is 5.66. The van der Waals surface area contributed by atoms with Crippen molar-refractivity contribution in [2.75, 3.05) is 18.9 Å². The Kier molecular flexibility index (Phi) is 4.37. The molecule has 0 aromatic heterocycles. The van der Waals surface area contributed by atoms with Gasteiger partial charge in [-0.3, -0.25) is 0 Å². The highest BCUT2D eigenvalue weighted by atomic mass is 32.2. The lowest BCUT2D eigenvalue weighted by atomic mass is 9.67. The van der Waals surface area contributed by atoms with Gasteiger partial charge in [-0.1, -0.05) is 42.5 Å². The van der Waals surface area contributed by atoms with E-state index in [0.29, 0.717) is 18.4 Å². The van der Waals surface area contributed by atoms with Crippen molar-refractivity contribution in [2.45, 2.75) is 31.7 Å². The van der Waals surface area contributed by atoms with Gasteiger partial charge in [0.2, 0.25) is 0 Å². The normalized spacial score (nSPS) is 29.2. The number of hydrogen-bond donors (Lipinski definition) is 0. The summed E-state index contributed by atoms with van der Waals surface area (Å²) >= 11 is -1.07. The van der Waals surface area contributed by atoms with Gasteiger partial charge in [0.25, 0.3) is 0 Å². The lowest BCUT2D eigenvalue weighted by molar-refractivity contribution is 0.0656. The second-order valence-corrected chi connectivity index (χ2v) is 9.06. The topological polar surface area (TPSA) is 47.9 Å². The Morgan fingerprint density at radius 3 is 2.48 bits per heavy atom. The summed E-state index contributed by atoms with van der Waals surface area (Å²) in [4.78, 5) is 2.41. The number of amidine groups is 1. The van der Waals surface area contributed by atoms with E-state index >= 15 is 0 Å². The molecule has 1 atom stereocenters. The van der Waals surface area contributed by atoms with Crippen molar-refractivity contribution in [2.24, 2.45) is 9.81 Å². The summed E-state index contributed by atoms with van der Waals surface area (Å²) in [7, 11) is 0. The number of nitrogens with zero attached hydrogens (tertiary/aromatic N) is 2. The van der Waals surface area contributed by atoms with Crippen LogP contribution in [0.25, 0.3) is 11.1 Å². The Bertz CT molecular complexity index is 829. The predicted molar refractivity (Wildman–Crippen MR) is 109 cm³/mol. The number of ether oxygens (including phenoxy) is 1. The SMILES string of the molecule is [O-][S+]1CCN2C(=N1)C1(COc3ccc(-c4ccccc4)cc3)CCC2CC1. The Balaban J connectivity index is 1.33. The summed E-state index contributed by atoms with van der Waals surface area (Å²) in [6.45, 7) is 1.50. The van der Waals surface area contributed by atoms with Crippen LogP contribution >= 0.6 is 0 Å². The highest BCUT2D eigenvalue weighted by Gasteiger charge is 2.53. The molecular formula is C22H24N2O2S. The van der Waals surface area contributed by atoms with Crippen LogP contribution in [0.1, 0.15) is 25.7 Å². The Morgan fingerprint density at radius 1 is 1.04 bits per heavy atom. The molecule has 0 radical (unpaired) electrons. The molecule has 2 aromatic rings. The van der Waals surface area contributed by atoms with Crippen LogP contribution < -0.4 is 4.74 Å². The van der Waals surface area contributed by atoms with E-state index in [1.807, 2.05) is 18.2 Å². The number of fused-ring (bicyclic) bond motifs is 2. The molecule has 0 N–H and O–H groups in total. The number of benzene rings is 2. The maximum Gasteiger partial charge on any atom is 0.166 e. The van der Waals surface area contributed by atoms with Gasteiger partial charge in [0.05, 0.1) is 23.3 Å². The van der Waals surface area contributed by atoms with Crippen LogP contribution in [0.4, 0.5) is 0 Å². The third kappa shape index (κ3) is 3.13. The fraction of sp³-hybridized carbons (Fsp3) is 0.409. The molecule has 1 unspecified atom stereocenters. The van der Waals surface area contributed by atoms with Crippen LogP contribution in [-0.2, 0) is 11.4 Å². The molecule has 3 heterocycles. The molecule has 0 amide bonds. The first kappa shape index (κ1) is 17.1.